The average Bonchev–Trinajstić information content (AvgIpc) is 3.45. The molecule has 0 radical (unpaired) electrons. The molecule has 0 unspecified atom stereocenters. The lowest BCUT2D eigenvalue weighted by Crippen LogP contribution is -2.38. The standard InChI is InChI=1S/C18H24N2O5S/c1-13-5-8-15(26(24,25)19-9-3-2-4-10-19)11-16(13)18(23)20(12-17(21)22)14-6-7-14/h5,8,11,14H,2-4,6-7,9-10,12H2,1H3,(H,21,22). The summed E-state index contributed by atoms with van der Waals surface area (Å²) in [5.41, 5.74) is 0.903. The second kappa shape index (κ2) is 7.36. The van der Waals surface area contributed by atoms with Gasteiger partial charge in [-0.25, -0.2) is 8.42 Å². The zero-order valence-corrected chi connectivity index (χ0v) is 15.7. The predicted molar refractivity (Wildman–Crippen MR) is 95.5 cm³/mol. The van der Waals surface area contributed by atoms with E-state index in [1.165, 1.54) is 21.3 Å². The Morgan fingerprint density at radius 1 is 1.19 bits per heavy atom. The maximum Gasteiger partial charge on any atom is 0.323 e. The third-order valence-electron chi connectivity index (χ3n) is 4.95. The van der Waals surface area contributed by atoms with Crippen LogP contribution in [0, 0.1) is 6.92 Å². The van der Waals surface area contributed by atoms with Gasteiger partial charge >= 0.3 is 5.97 Å². The van der Waals surface area contributed by atoms with Gasteiger partial charge in [0.05, 0.1) is 4.90 Å². The number of carbonyl (C=O) groups is 2. The second-order valence-corrected chi connectivity index (χ2v) is 8.94. The predicted octanol–water partition coefficient (Wildman–Crippen LogP) is 1.86. The van der Waals surface area contributed by atoms with E-state index >= 15 is 0 Å². The van der Waals surface area contributed by atoms with Crippen molar-refractivity contribution >= 4 is 21.9 Å². The van der Waals surface area contributed by atoms with E-state index in [9.17, 15) is 18.0 Å². The third kappa shape index (κ3) is 3.91. The summed E-state index contributed by atoms with van der Waals surface area (Å²) in [6, 6.07) is 4.48. The molecule has 2 fully saturated rings. The van der Waals surface area contributed by atoms with Crippen LogP contribution in [0.15, 0.2) is 23.1 Å². The lowest BCUT2D eigenvalue weighted by Gasteiger charge is -2.26. The second-order valence-electron chi connectivity index (χ2n) is 7.00. The SMILES string of the molecule is Cc1ccc(S(=O)(=O)N2CCCCC2)cc1C(=O)N(CC(=O)O)C1CC1. The number of hydrogen-bond donors (Lipinski definition) is 1. The Kier molecular flexibility index (Phi) is 5.34. The summed E-state index contributed by atoms with van der Waals surface area (Å²) in [7, 11) is -3.64. The van der Waals surface area contributed by atoms with E-state index in [2.05, 4.69) is 0 Å². The van der Waals surface area contributed by atoms with Crippen LogP contribution in [0.4, 0.5) is 0 Å². The molecule has 0 bridgehead atoms. The number of carboxylic acids is 1. The minimum atomic E-state index is -3.64. The lowest BCUT2D eigenvalue weighted by atomic mass is 10.1. The maximum absolute atomic E-state index is 12.9. The molecule has 1 aliphatic carbocycles. The van der Waals surface area contributed by atoms with Crippen molar-refractivity contribution in [2.45, 2.75) is 50.0 Å². The van der Waals surface area contributed by atoms with Crippen molar-refractivity contribution in [1.29, 1.82) is 0 Å². The Bertz CT molecular complexity index is 811. The maximum atomic E-state index is 12.9. The first kappa shape index (κ1) is 18.8. The molecule has 1 amide bonds. The number of carbonyl (C=O) groups excluding carboxylic acids is 1. The van der Waals surface area contributed by atoms with E-state index < -0.39 is 21.9 Å². The Morgan fingerprint density at radius 3 is 2.42 bits per heavy atom. The number of nitrogens with zero attached hydrogens (tertiary/aromatic N) is 2. The smallest absolute Gasteiger partial charge is 0.323 e. The van der Waals surface area contributed by atoms with E-state index in [-0.39, 0.29) is 23.0 Å². The number of aliphatic carboxylic acids is 1. The number of sulfonamides is 1. The van der Waals surface area contributed by atoms with Crippen LogP contribution in [-0.4, -0.2) is 60.3 Å². The molecule has 3 rings (SSSR count). The molecule has 1 heterocycles. The highest BCUT2D eigenvalue weighted by Crippen LogP contribution is 2.30. The average molecular weight is 380 g/mol. The van der Waals surface area contributed by atoms with Crippen LogP contribution in [0.25, 0.3) is 0 Å². The van der Waals surface area contributed by atoms with Gasteiger partial charge in [0.1, 0.15) is 6.54 Å². The van der Waals surface area contributed by atoms with E-state index in [0.29, 0.717) is 18.7 Å². The number of amides is 1. The van der Waals surface area contributed by atoms with E-state index in [4.69, 9.17) is 5.11 Å². The molecule has 0 spiro atoms. The quantitative estimate of drug-likeness (QED) is 0.813. The molecular weight excluding hydrogens is 356 g/mol. The van der Waals surface area contributed by atoms with Crippen LogP contribution in [0.3, 0.4) is 0 Å². The fraction of sp³-hybridized carbons (Fsp3) is 0.556. The van der Waals surface area contributed by atoms with Crippen molar-refractivity contribution in [2.75, 3.05) is 19.6 Å². The van der Waals surface area contributed by atoms with E-state index in [0.717, 1.165) is 32.1 Å². The summed E-state index contributed by atoms with van der Waals surface area (Å²) >= 11 is 0. The fourth-order valence-electron chi connectivity index (χ4n) is 3.30. The van der Waals surface area contributed by atoms with Gasteiger partial charge in [0.25, 0.3) is 5.91 Å². The molecule has 1 saturated carbocycles. The largest absolute Gasteiger partial charge is 0.480 e. The first-order chi connectivity index (χ1) is 12.3. The first-order valence-electron chi connectivity index (χ1n) is 8.94. The Hall–Kier alpha value is -1.93. The van der Waals surface area contributed by atoms with Crippen LogP contribution in [0.2, 0.25) is 0 Å². The van der Waals surface area contributed by atoms with Gasteiger partial charge in [-0.2, -0.15) is 4.31 Å². The van der Waals surface area contributed by atoms with Gasteiger partial charge in [0.2, 0.25) is 10.0 Å². The minimum Gasteiger partial charge on any atom is -0.480 e. The van der Waals surface area contributed by atoms with Crippen molar-refractivity contribution in [3.8, 4) is 0 Å². The molecule has 1 aromatic carbocycles. The zero-order chi connectivity index (χ0) is 18.9. The lowest BCUT2D eigenvalue weighted by molar-refractivity contribution is -0.137. The normalized spacial score (nSPS) is 18.5. The number of piperidine rings is 1. The van der Waals surface area contributed by atoms with Crippen molar-refractivity contribution in [3.63, 3.8) is 0 Å². The Morgan fingerprint density at radius 2 is 1.85 bits per heavy atom. The molecular formula is C18H24N2O5S. The third-order valence-corrected chi connectivity index (χ3v) is 6.84. The highest BCUT2D eigenvalue weighted by Gasteiger charge is 2.35. The molecule has 7 nitrogen and oxygen atoms in total. The number of aryl methyl sites for hydroxylation is 1. The van der Waals surface area contributed by atoms with Crippen molar-refractivity contribution in [3.05, 3.63) is 29.3 Å². The summed E-state index contributed by atoms with van der Waals surface area (Å²) in [5, 5.41) is 9.08. The number of benzene rings is 1. The molecule has 142 valence electrons. The number of carboxylic acid groups (broad SMARTS) is 1. The highest BCUT2D eigenvalue weighted by molar-refractivity contribution is 7.89. The van der Waals surface area contributed by atoms with Gasteiger partial charge in [-0.1, -0.05) is 12.5 Å². The summed E-state index contributed by atoms with van der Waals surface area (Å²) < 4.78 is 27.2. The van der Waals surface area contributed by atoms with Crippen LogP contribution in [0.5, 0.6) is 0 Å². The minimum absolute atomic E-state index is 0.0691. The van der Waals surface area contributed by atoms with Crippen molar-refractivity contribution in [2.24, 2.45) is 0 Å². The van der Waals surface area contributed by atoms with Gasteiger partial charge in [0, 0.05) is 24.7 Å². The Labute approximate surface area is 153 Å². The summed E-state index contributed by atoms with van der Waals surface area (Å²) in [5.74, 6) is -1.48. The van der Waals surface area contributed by atoms with Gasteiger partial charge < -0.3 is 10.0 Å². The molecule has 0 aromatic heterocycles. The van der Waals surface area contributed by atoms with Crippen LogP contribution >= 0.6 is 0 Å². The molecule has 1 N–H and O–H groups in total. The molecule has 1 aromatic rings. The van der Waals surface area contributed by atoms with Gasteiger partial charge in [-0.15, -0.1) is 0 Å². The zero-order valence-electron chi connectivity index (χ0n) is 14.8. The van der Waals surface area contributed by atoms with Crippen molar-refractivity contribution in [1.82, 2.24) is 9.21 Å². The molecule has 8 heteroatoms. The van der Waals surface area contributed by atoms with E-state index in [1.807, 2.05) is 0 Å². The van der Waals surface area contributed by atoms with Crippen LogP contribution < -0.4 is 0 Å². The van der Waals surface area contributed by atoms with Crippen molar-refractivity contribution < 1.29 is 23.1 Å². The number of rotatable bonds is 6. The topological polar surface area (TPSA) is 95.0 Å². The molecule has 0 atom stereocenters. The summed E-state index contributed by atoms with van der Waals surface area (Å²) in [6.07, 6.45) is 4.26. The monoisotopic (exact) mass is 380 g/mol. The number of hydrogen-bond acceptors (Lipinski definition) is 4. The van der Waals surface area contributed by atoms with Gasteiger partial charge in [-0.3, -0.25) is 9.59 Å². The van der Waals surface area contributed by atoms with Gasteiger partial charge in [0.15, 0.2) is 0 Å². The Balaban J connectivity index is 1.92. The molecule has 1 saturated heterocycles. The summed E-state index contributed by atoms with van der Waals surface area (Å²) in [6.45, 7) is 2.35. The molecule has 1 aliphatic heterocycles. The van der Waals surface area contributed by atoms with Crippen LogP contribution in [0.1, 0.15) is 48.0 Å². The molecule has 2 aliphatic rings. The molecule has 26 heavy (non-hydrogen) atoms. The van der Waals surface area contributed by atoms with Gasteiger partial charge in [-0.05, 0) is 50.3 Å². The fourth-order valence-corrected chi connectivity index (χ4v) is 4.84. The van der Waals surface area contributed by atoms with Crippen LogP contribution in [-0.2, 0) is 14.8 Å². The highest BCUT2D eigenvalue weighted by atomic mass is 32.2. The van der Waals surface area contributed by atoms with E-state index in [1.54, 1.807) is 13.0 Å². The summed E-state index contributed by atoms with van der Waals surface area (Å²) in [4.78, 5) is 25.4. The first-order valence-corrected chi connectivity index (χ1v) is 10.4.